The minimum Gasteiger partial charge on any atom is -0.455 e. The average Bonchev–Trinajstić information content (AvgIpc) is 3.40. The molecule has 0 bridgehead atoms. The van der Waals surface area contributed by atoms with Gasteiger partial charge in [-0.1, -0.05) is 0 Å². The SMILES string of the molecule is N#Cc1ccc(N2CCN(C(=O)c3ccc(CN4CCCC4)o3)CC2=O)cc1. The average molecular weight is 378 g/mol. The molecule has 2 amide bonds. The second-order valence-corrected chi connectivity index (χ2v) is 7.18. The van der Waals surface area contributed by atoms with E-state index in [1.54, 1.807) is 35.2 Å². The summed E-state index contributed by atoms with van der Waals surface area (Å²) in [7, 11) is 0. The van der Waals surface area contributed by atoms with Gasteiger partial charge >= 0.3 is 0 Å². The summed E-state index contributed by atoms with van der Waals surface area (Å²) in [5, 5.41) is 8.89. The molecule has 4 rings (SSSR count). The van der Waals surface area contributed by atoms with Crippen molar-refractivity contribution in [3.05, 3.63) is 53.5 Å². The number of hydrogen-bond acceptors (Lipinski definition) is 5. The highest BCUT2D eigenvalue weighted by Crippen LogP contribution is 2.20. The number of carbonyl (C=O) groups is 2. The summed E-state index contributed by atoms with van der Waals surface area (Å²) in [6.45, 7) is 3.72. The minimum atomic E-state index is -0.250. The van der Waals surface area contributed by atoms with Crippen LogP contribution in [-0.2, 0) is 11.3 Å². The molecule has 0 unspecified atom stereocenters. The number of carbonyl (C=O) groups excluding carboxylic acids is 2. The van der Waals surface area contributed by atoms with E-state index in [0.717, 1.165) is 31.1 Å². The highest BCUT2D eigenvalue weighted by atomic mass is 16.4. The Morgan fingerprint density at radius 2 is 1.79 bits per heavy atom. The number of nitrogens with zero attached hydrogens (tertiary/aromatic N) is 4. The molecule has 2 fully saturated rings. The highest BCUT2D eigenvalue weighted by Gasteiger charge is 2.30. The first-order valence-corrected chi connectivity index (χ1v) is 9.55. The van der Waals surface area contributed by atoms with Gasteiger partial charge < -0.3 is 14.2 Å². The summed E-state index contributed by atoms with van der Waals surface area (Å²) in [6.07, 6.45) is 2.41. The lowest BCUT2D eigenvalue weighted by atomic mass is 10.2. The number of piperazine rings is 1. The zero-order chi connectivity index (χ0) is 19.5. The second-order valence-electron chi connectivity index (χ2n) is 7.18. The third kappa shape index (κ3) is 3.78. The van der Waals surface area contributed by atoms with Gasteiger partial charge in [0.1, 0.15) is 12.3 Å². The van der Waals surface area contributed by atoms with Gasteiger partial charge in [0, 0.05) is 18.8 Å². The van der Waals surface area contributed by atoms with Crippen molar-refractivity contribution >= 4 is 17.5 Å². The third-order valence-corrected chi connectivity index (χ3v) is 5.27. The fourth-order valence-corrected chi connectivity index (χ4v) is 3.73. The van der Waals surface area contributed by atoms with Crippen molar-refractivity contribution in [1.82, 2.24) is 9.80 Å². The quantitative estimate of drug-likeness (QED) is 0.815. The molecule has 0 aliphatic carbocycles. The Morgan fingerprint density at radius 1 is 1.04 bits per heavy atom. The summed E-state index contributed by atoms with van der Waals surface area (Å²) in [6, 6.07) is 12.5. The first kappa shape index (κ1) is 18.3. The van der Waals surface area contributed by atoms with Crippen LogP contribution in [0.3, 0.4) is 0 Å². The first-order valence-electron chi connectivity index (χ1n) is 9.55. The standard InChI is InChI=1S/C21H22N4O3/c22-13-16-3-5-17(6-4-16)25-12-11-24(15-20(25)26)21(27)19-8-7-18(28-19)14-23-9-1-2-10-23/h3-8H,1-2,9-12,14-15H2. The normalized spacial score (nSPS) is 17.8. The molecule has 2 aromatic rings. The Labute approximate surface area is 163 Å². The Hall–Kier alpha value is -3.11. The largest absolute Gasteiger partial charge is 0.455 e. The lowest BCUT2D eigenvalue weighted by Gasteiger charge is -2.34. The molecule has 0 N–H and O–H groups in total. The summed E-state index contributed by atoms with van der Waals surface area (Å²) in [4.78, 5) is 30.8. The van der Waals surface area contributed by atoms with E-state index in [0.29, 0.717) is 18.7 Å². The van der Waals surface area contributed by atoms with Crippen LogP contribution in [0.2, 0.25) is 0 Å². The Kier molecular flexibility index (Phi) is 5.13. The molecule has 2 aliphatic heterocycles. The Bertz CT molecular complexity index is 906. The van der Waals surface area contributed by atoms with Crippen molar-refractivity contribution in [2.75, 3.05) is 37.6 Å². The van der Waals surface area contributed by atoms with Crippen LogP contribution in [0, 0.1) is 11.3 Å². The van der Waals surface area contributed by atoms with E-state index in [1.807, 2.05) is 6.07 Å². The number of amides is 2. The fraction of sp³-hybridized carbons (Fsp3) is 0.381. The van der Waals surface area contributed by atoms with Gasteiger partial charge in [-0.2, -0.15) is 5.26 Å². The van der Waals surface area contributed by atoms with Crippen molar-refractivity contribution in [3.8, 4) is 6.07 Å². The zero-order valence-corrected chi connectivity index (χ0v) is 15.6. The van der Waals surface area contributed by atoms with Crippen LogP contribution in [0.15, 0.2) is 40.8 Å². The third-order valence-electron chi connectivity index (χ3n) is 5.27. The van der Waals surface area contributed by atoms with Gasteiger partial charge in [-0.25, -0.2) is 0 Å². The highest BCUT2D eigenvalue weighted by molar-refractivity contribution is 6.00. The van der Waals surface area contributed by atoms with E-state index in [4.69, 9.17) is 9.68 Å². The van der Waals surface area contributed by atoms with Crippen LogP contribution in [0.4, 0.5) is 5.69 Å². The van der Waals surface area contributed by atoms with Crippen molar-refractivity contribution < 1.29 is 14.0 Å². The van der Waals surface area contributed by atoms with Gasteiger partial charge in [0.15, 0.2) is 5.76 Å². The molecule has 1 aromatic heterocycles. The molecule has 0 atom stereocenters. The van der Waals surface area contributed by atoms with Gasteiger partial charge in [-0.05, 0) is 62.3 Å². The van der Waals surface area contributed by atoms with Gasteiger partial charge in [-0.15, -0.1) is 0 Å². The van der Waals surface area contributed by atoms with Crippen LogP contribution in [0.5, 0.6) is 0 Å². The van der Waals surface area contributed by atoms with Gasteiger partial charge in [0.2, 0.25) is 5.91 Å². The van der Waals surface area contributed by atoms with Crippen molar-refractivity contribution in [1.29, 1.82) is 5.26 Å². The van der Waals surface area contributed by atoms with Crippen molar-refractivity contribution in [2.24, 2.45) is 0 Å². The Balaban J connectivity index is 1.38. The van der Waals surface area contributed by atoms with E-state index < -0.39 is 0 Å². The molecule has 3 heterocycles. The van der Waals surface area contributed by atoms with Gasteiger partial charge in [0.25, 0.3) is 5.91 Å². The van der Waals surface area contributed by atoms with E-state index in [2.05, 4.69) is 11.0 Å². The second kappa shape index (κ2) is 7.87. The van der Waals surface area contributed by atoms with E-state index in [-0.39, 0.29) is 24.1 Å². The number of likely N-dealkylation sites (tertiary alicyclic amines) is 1. The molecule has 0 spiro atoms. The number of furan rings is 1. The molecule has 1 aromatic carbocycles. The van der Waals surface area contributed by atoms with Crippen LogP contribution < -0.4 is 4.90 Å². The number of benzene rings is 1. The molecule has 28 heavy (non-hydrogen) atoms. The smallest absolute Gasteiger partial charge is 0.290 e. The zero-order valence-electron chi connectivity index (χ0n) is 15.6. The maximum Gasteiger partial charge on any atom is 0.290 e. The van der Waals surface area contributed by atoms with E-state index >= 15 is 0 Å². The number of rotatable bonds is 4. The van der Waals surface area contributed by atoms with Crippen LogP contribution in [0.1, 0.15) is 34.7 Å². The van der Waals surface area contributed by atoms with Crippen molar-refractivity contribution in [3.63, 3.8) is 0 Å². The summed E-state index contributed by atoms with van der Waals surface area (Å²) in [5.41, 5.74) is 1.29. The lowest BCUT2D eigenvalue weighted by molar-refractivity contribution is -0.120. The summed E-state index contributed by atoms with van der Waals surface area (Å²) in [5.74, 6) is 0.676. The molecule has 7 heteroatoms. The van der Waals surface area contributed by atoms with E-state index in [1.165, 1.54) is 17.7 Å². The molecule has 7 nitrogen and oxygen atoms in total. The number of nitriles is 1. The maximum absolute atomic E-state index is 12.7. The molecule has 0 radical (unpaired) electrons. The maximum atomic E-state index is 12.7. The fourth-order valence-electron chi connectivity index (χ4n) is 3.73. The topological polar surface area (TPSA) is 80.8 Å². The molecular weight excluding hydrogens is 356 g/mol. The minimum absolute atomic E-state index is 0.0149. The summed E-state index contributed by atoms with van der Waals surface area (Å²) < 4.78 is 5.74. The molecule has 2 aliphatic rings. The number of hydrogen-bond donors (Lipinski definition) is 0. The predicted octanol–water partition coefficient (Wildman–Crippen LogP) is 2.24. The monoisotopic (exact) mass is 378 g/mol. The van der Waals surface area contributed by atoms with Crippen molar-refractivity contribution in [2.45, 2.75) is 19.4 Å². The van der Waals surface area contributed by atoms with E-state index in [9.17, 15) is 9.59 Å². The summed E-state index contributed by atoms with van der Waals surface area (Å²) >= 11 is 0. The van der Waals surface area contributed by atoms with Crippen LogP contribution in [0.25, 0.3) is 0 Å². The Morgan fingerprint density at radius 3 is 2.46 bits per heavy atom. The van der Waals surface area contributed by atoms with Gasteiger partial charge in [0.05, 0.1) is 18.2 Å². The molecule has 144 valence electrons. The predicted molar refractivity (Wildman–Crippen MR) is 103 cm³/mol. The van der Waals surface area contributed by atoms with Gasteiger partial charge in [-0.3, -0.25) is 14.5 Å². The van der Waals surface area contributed by atoms with Crippen LogP contribution >= 0.6 is 0 Å². The molecule has 0 saturated carbocycles. The number of anilines is 1. The molecular formula is C21H22N4O3. The molecule has 2 saturated heterocycles. The first-order chi connectivity index (χ1) is 13.6. The lowest BCUT2D eigenvalue weighted by Crippen LogP contribution is -2.52. The van der Waals surface area contributed by atoms with Crippen LogP contribution in [-0.4, -0.2) is 54.3 Å².